The first-order valence-electron chi connectivity index (χ1n) is 14.5. The molecule has 0 aliphatic rings. The fraction of sp³-hybridized carbons (Fsp3) is 0. The Hall–Kier alpha value is -6.90. The van der Waals surface area contributed by atoms with Crippen molar-refractivity contribution in [2.24, 2.45) is 0 Å². The van der Waals surface area contributed by atoms with Crippen molar-refractivity contribution in [3.63, 3.8) is 0 Å². The SMILES string of the molecule is N#Cc1ccc2c(c1)nc1c3cccc4cccc(c(=O)n21)c43.[C-]#[N+]c1ccc2nc3c4cccc5cccc(c(=O)n3c2c1)c54. The minimum Gasteiger partial charge on any atom is -0.268 e. The average molecular weight is 591 g/mol. The molecule has 0 aliphatic heterocycles. The van der Waals surface area contributed by atoms with E-state index in [0.29, 0.717) is 44.4 Å². The lowest BCUT2D eigenvalue weighted by atomic mass is 10.0. The number of benzene rings is 6. The predicted molar refractivity (Wildman–Crippen MR) is 181 cm³/mol. The Morgan fingerprint density at radius 3 is 1.72 bits per heavy atom. The second-order valence-corrected chi connectivity index (χ2v) is 11.2. The van der Waals surface area contributed by atoms with E-state index >= 15 is 0 Å². The van der Waals surface area contributed by atoms with Gasteiger partial charge in [0.25, 0.3) is 11.1 Å². The molecule has 0 bridgehead atoms. The van der Waals surface area contributed by atoms with E-state index in [4.69, 9.17) is 11.8 Å². The third-order valence-electron chi connectivity index (χ3n) is 8.71. The van der Waals surface area contributed by atoms with Gasteiger partial charge in [-0.15, -0.1) is 0 Å². The van der Waals surface area contributed by atoms with Gasteiger partial charge in [0.05, 0.1) is 40.3 Å². The normalized spacial score (nSPS) is 11.6. The number of fused-ring (bicyclic) bond motifs is 8. The van der Waals surface area contributed by atoms with Crippen molar-refractivity contribution >= 4 is 82.1 Å². The Bertz CT molecular complexity index is 3050. The molecule has 212 valence electrons. The number of pyridine rings is 2. The summed E-state index contributed by atoms with van der Waals surface area (Å²) in [7, 11) is 0. The van der Waals surface area contributed by atoms with Gasteiger partial charge in [-0.3, -0.25) is 18.4 Å². The van der Waals surface area contributed by atoms with Crippen LogP contribution in [0.1, 0.15) is 5.56 Å². The van der Waals surface area contributed by atoms with E-state index in [9.17, 15) is 9.59 Å². The Labute approximate surface area is 258 Å². The first-order valence-corrected chi connectivity index (χ1v) is 14.5. The van der Waals surface area contributed by atoms with Crippen molar-refractivity contribution in [3.8, 4) is 6.07 Å². The summed E-state index contributed by atoms with van der Waals surface area (Å²) in [5.41, 5.74) is 4.98. The quantitative estimate of drug-likeness (QED) is 0.169. The molecule has 10 aromatic rings. The lowest BCUT2D eigenvalue weighted by molar-refractivity contribution is 1.19. The van der Waals surface area contributed by atoms with Crippen LogP contribution in [0.25, 0.3) is 81.3 Å². The van der Waals surface area contributed by atoms with E-state index in [1.165, 1.54) is 0 Å². The molecule has 8 heteroatoms. The molecule has 46 heavy (non-hydrogen) atoms. The molecule has 0 radical (unpaired) electrons. The molecular weight excluding hydrogens is 572 g/mol. The zero-order chi connectivity index (χ0) is 31.1. The number of imidazole rings is 2. The fourth-order valence-electron chi connectivity index (χ4n) is 6.71. The van der Waals surface area contributed by atoms with E-state index in [1.807, 2.05) is 72.8 Å². The molecule has 10 rings (SSSR count). The smallest absolute Gasteiger partial charge is 0.264 e. The van der Waals surface area contributed by atoms with Gasteiger partial charge in [-0.2, -0.15) is 5.26 Å². The number of aromatic nitrogens is 4. The van der Waals surface area contributed by atoms with Gasteiger partial charge in [-0.05, 0) is 53.2 Å². The predicted octanol–water partition coefficient (Wildman–Crippen LogP) is 7.61. The summed E-state index contributed by atoms with van der Waals surface area (Å²) in [6.45, 7) is 7.18. The van der Waals surface area contributed by atoms with E-state index in [2.05, 4.69) is 20.9 Å². The zero-order valence-corrected chi connectivity index (χ0v) is 23.9. The van der Waals surface area contributed by atoms with Gasteiger partial charge in [-0.25, -0.2) is 14.8 Å². The molecule has 4 aromatic heterocycles. The number of hydrogen-bond donors (Lipinski definition) is 0. The van der Waals surface area contributed by atoms with Crippen LogP contribution in [0.4, 0.5) is 5.69 Å². The minimum absolute atomic E-state index is 0.0727. The van der Waals surface area contributed by atoms with Gasteiger partial charge in [0.1, 0.15) is 11.3 Å². The molecule has 0 spiro atoms. The monoisotopic (exact) mass is 590 g/mol. The van der Waals surface area contributed by atoms with Crippen LogP contribution in [-0.4, -0.2) is 18.8 Å². The molecule has 0 saturated carbocycles. The molecule has 0 saturated heterocycles. The fourth-order valence-corrected chi connectivity index (χ4v) is 6.71. The summed E-state index contributed by atoms with van der Waals surface area (Å²) in [6, 6.07) is 36.0. The molecule has 0 unspecified atom stereocenters. The summed E-state index contributed by atoms with van der Waals surface area (Å²) in [5.74, 6) is 0. The minimum atomic E-state index is -0.0890. The van der Waals surface area contributed by atoms with Crippen molar-refractivity contribution in [3.05, 3.63) is 147 Å². The molecule has 0 atom stereocenters. The highest BCUT2D eigenvalue weighted by Crippen LogP contribution is 2.31. The number of hydrogen-bond acceptors (Lipinski definition) is 5. The van der Waals surface area contributed by atoms with E-state index in [0.717, 1.165) is 43.4 Å². The maximum Gasteiger partial charge on any atom is 0.264 e. The van der Waals surface area contributed by atoms with E-state index < -0.39 is 0 Å². The van der Waals surface area contributed by atoms with Gasteiger partial charge >= 0.3 is 0 Å². The van der Waals surface area contributed by atoms with Crippen LogP contribution >= 0.6 is 0 Å². The van der Waals surface area contributed by atoms with Gasteiger partial charge < -0.3 is 0 Å². The number of rotatable bonds is 0. The third-order valence-corrected chi connectivity index (χ3v) is 8.71. The molecule has 0 fully saturated rings. The maximum atomic E-state index is 13.0. The maximum absolute atomic E-state index is 13.0. The van der Waals surface area contributed by atoms with Crippen LogP contribution in [-0.2, 0) is 0 Å². The first-order chi connectivity index (χ1) is 22.6. The molecule has 8 nitrogen and oxygen atoms in total. The Kier molecular flexibility index (Phi) is 5.17. The lowest BCUT2D eigenvalue weighted by Gasteiger charge is -2.06. The van der Waals surface area contributed by atoms with Crippen LogP contribution in [0.3, 0.4) is 0 Å². The highest BCUT2D eigenvalue weighted by atomic mass is 16.1. The highest BCUT2D eigenvalue weighted by molar-refractivity contribution is 6.16. The Morgan fingerprint density at radius 2 is 1.15 bits per heavy atom. The van der Waals surface area contributed by atoms with Crippen molar-refractivity contribution in [1.82, 2.24) is 18.8 Å². The number of nitrogens with zero attached hydrogens (tertiary/aromatic N) is 6. The third kappa shape index (κ3) is 3.41. The Morgan fingerprint density at radius 1 is 0.609 bits per heavy atom. The van der Waals surface area contributed by atoms with Gasteiger partial charge in [0.2, 0.25) is 0 Å². The van der Waals surface area contributed by atoms with Crippen LogP contribution in [0.5, 0.6) is 0 Å². The van der Waals surface area contributed by atoms with Gasteiger partial charge in [0.15, 0.2) is 5.69 Å². The first kappa shape index (κ1) is 25.6. The molecular formula is C38H18N6O2. The van der Waals surface area contributed by atoms with Crippen LogP contribution in [0, 0.1) is 17.9 Å². The topological polar surface area (TPSA) is 96.9 Å². The van der Waals surface area contributed by atoms with Crippen molar-refractivity contribution in [2.45, 2.75) is 0 Å². The summed E-state index contributed by atoms with van der Waals surface area (Å²) >= 11 is 0. The standard InChI is InChI=1S/2C19H9N3O/c1-20-12-8-9-15-16(10-12)22-18(21-15)13-6-2-4-11-5-3-7-14(17(11)13)19(22)23;20-10-11-7-8-16-15(9-11)21-18-13-5-1-3-12-4-2-6-14(17(12)13)19(23)22(16)18/h2-10H;1-9H. The second kappa shape index (κ2) is 9.30. The molecule has 0 amide bonds. The van der Waals surface area contributed by atoms with Crippen molar-refractivity contribution in [1.29, 1.82) is 5.26 Å². The van der Waals surface area contributed by atoms with E-state index in [1.54, 1.807) is 45.2 Å². The lowest BCUT2D eigenvalue weighted by Crippen LogP contribution is -2.13. The summed E-state index contributed by atoms with van der Waals surface area (Å²) in [5, 5.41) is 16.3. The van der Waals surface area contributed by atoms with Gasteiger partial charge in [-0.1, -0.05) is 66.7 Å². The summed E-state index contributed by atoms with van der Waals surface area (Å²) in [4.78, 5) is 38.7. The van der Waals surface area contributed by atoms with Crippen molar-refractivity contribution in [2.75, 3.05) is 0 Å². The van der Waals surface area contributed by atoms with Crippen LogP contribution in [0.2, 0.25) is 0 Å². The Balaban J connectivity index is 0.000000127. The largest absolute Gasteiger partial charge is 0.268 e. The molecule has 6 aromatic carbocycles. The van der Waals surface area contributed by atoms with Crippen LogP contribution < -0.4 is 11.1 Å². The summed E-state index contributed by atoms with van der Waals surface area (Å²) in [6.07, 6.45) is 0. The summed E-state index contributed by atoms with van der Waals surface area (Å²) < 4.78 is 3.27. The number of nitriles is 1. The second-order valence-electron chi connectivity index (χ2n) is 11.2. The average Bonchev–Trinajstić information content (AvgIpc) is 3.68. The van der Waals surface area contributed by atoms with Crippen LogP contribution in [0.15, 0.2) is 119 Å². The molecule has 4 heterocycles. The van der Waals surface area contributed by atoms with Gasteiger partial charge in [0, 0.05) is 32.3 Å². The zero-order valence-electron chi connectivity index (χ0n) is 23.9. The highest BCUT2D eigenvalue weighted by Gasteiger charge is 2.17. The molecule has 0 aliphatic carbocycles. The van der Waals surface area contributed by atoms with Crippen molar-refractivity contribution < 1.29 is 0 Å². The molecule has 0 N–H and O–H groups in total. The van der Waals surface area contributed by atoms with E-state index in [-0.39, 0.29) is 11.1 Å².